The van der Waals surface area contributed by atoms with Crippen molar-refractivity contribution in [3.05, 3.63) is 88.4 Å². The maximum atomic E-state index is 13.2. The first-order valence-electron chi connectivity index (χ1n) is 9.62. The van der Waals surface area contributed by atoms with E-state index < -0.39 is 5.41 Å². The zero-order valence-corrected chi connectivity index (χ0v) is 15.9. The molecule has 1 saturated carbocycles. The van der Waals surface area contributed by atoms with E-state index in [1.54, 1.807) is 30.6 Å². The van der Waals surface area contributed by atoms with Crippen LogP contribution in [0.3, 0.4) is 0 Å². The maximum absolute atomic E-state index is 13.2. The van der Waals surface area contributed by atoms with Crippen molar-refractivity contribution in [1.29, 1.82) is 0 Å². The van der Waals surface area contributed by atoms with Crippen LogP contribution >= 0.6 is 0 Å². The number of hydrogen-bond acceptors (Lipinski definition) is 4. The molecule has 1 amide bonds. The van der Waals surface area contributed by atoms with Gasteiger partial charge in [-0.25, -0.2) is 13.9 Å². The molecule has 8 heteroatoms. The van der Waals surface area contributed by atoms with E-state index >= 15 is 0 Å². The number of benzene rings is 1. The molecule has 1 aliphatic rings. The Morgan fingerprint density at radius 1 is 1.13 bits per heavy atom. The Morgan fingerprint density at radius 3 is 2.57 bits per heavy atom. The minimum Gasteiger partial charge on any atom is -0.350 e. The quantitative estimate of drug-likeness (QED) is 0.536. The molecule has 150 valence electrons. The zero-order valence-electron chi connectivity index (χ0n) is 15.9. The predicted octanol–water partition coefficient (Wildman–Crippen LogP) is 2.57. The van der Waals surface area contributed by atoms with Crippen molar-refractivity contribution in [3.63, 3.8) is 0 Å². The summed E-state index contributed by atoms with van der Waals surface area (Å²) < 4.78 is 14.6. The molecule has 5 rings (SSSR count). The van der Waals surface area contributed by atoms with Crippen molar-refractivity contribution >= 4 is 11.6 Å². The summed E-state index contributed by atoms with van der Waals surface area (Å²) >= 11 is 0. The molecule has 7 nitrogen and oxygen atoms in total. The van der Waals surface area contributed by atoms with Gasteiger partial charge >= 0.3 is 0 Å². The highest BCUT2D eigenvalue weighted by molar-refractivity contribution is 5.91. The van der Waals surface area contributed by atoms with Crippen LogP contribution in [0.1, 0.15) is 24.1 Å². The van der Waals surface area contributed by atoms with Gasteiger partial charge in [-0.15, -0.1) is 0 Å². The lowest BCUT2D eigenvalue weighted by Gasteiger charge is -2.15. The van der Waals surface area contributed by atoms with Crippen LogP contribution in [-0.2, 0) is 16.8 Å². The molecule has 1 aromatic carbocycles. The molecule has 0 unspecified atom stereocenters. The molecule has 0 saturated heterocycles. The predicted molar refractivity (Wildman–Crippen MR) is 108 cm³/mol. The summed E-state index contributed by atoms with van der Waals surface area (Å²) in [5, 5.41) is 5.91. The van der Waals surface area contributed by atoms with E-state index in [1.807, 2.05) is 12.1 Å². The van der Waals surface area contributed by atoms with Crippen molar-refractivity contribution in [1.82, 2.24) is 24.9 Å². The number of pyridine rings is 1. The number of nitrogens with zero attached hydrogens (tertiary/aromatic N) is 3. The SMILES string of the molecule is O=C(NCc1cc(=O)n2[nH]c(-c3ccncc3)cc2n1)C1(c2ccc(F)cc2)CC1. The molecule has 3 heterocycles. The lowest BCUT2D eigenvalue weighted by molar-refractivity contribution is -0.123. The molecular formula is C22H18FN5O2. The maximum Gasteiger partial charge on any atom is 0.272 e. The van der Waals surface area contributed by atoms with E-state index in [2.05, 4.69) is 20.4 Å². The summed E-state index contributed by atoms with van der Waals surface area (Å²) in [7, 11) is 0. The van der Waals surface area contributed by atoms with Gasteiger partial charge in [-0.1, -0.05) is 12.1 Å². The third-order valence-electron chi connectivity index (χ3n) is 5.51. The number of carbonyl (C=O) groups excluding carboxylic acids is 1. The first-order valence-corrected chi connectivity index (χ1v) is 9.62. The van der Waals surface area contributed by atoms with Crippen LogP contribution in [0.25, 0.3) is 16.9 Å². The molecule has 0 bridgehead atoms. The summed E-state index contributed by atoms with van der Waals surface area (Å²) in [4.78, 5) is 33.8. The van der Waals surface area contributed by atoms with Gasteiger partial charge in [0, 0.05) is 30.1 Å². The van der Waals surface area contributed by atoms with Crippen LogP contribution in [0.15, 0.2) is 65.7 Å². The topological polar surface area (TPSA) is 92.2 Å². The van der Waals surface area contributed by atoms with Gasteiger partial charge in [0.25, 0.3) is 5.56 Å². The molecule has 3 aromatic heterocycles. The molecule has 1 fully saturated rings. The third-order valence-corrected chi connectivity index (χ3v) is 5.51. The number of aromatic nitrogens is 4. The highest BCUT2D eigenvalue weighted by Crippen LogP contribution is 2.48. The number of aromatic amines is 1. The van der Waals surface area contributed by atoms with E-state index in [-0.39, 0.29) is 23.8 Å². The minimum absolute atomic E-state index is 0.136. The number of rotatable bonds is 5. The van der Waals surface area contributed by atoms with E-state index in [1.165, 1.54) is 22.7 Å². The van der Waals surface area contributed by atoms with Gasteiger partial charge in [0.2, 0.25) is 5.91 Å². The Labute approximate surface area is 170 Å². The molecule has 4 aromatic rings. The number of hydrogen-bond donors (Lipinski definition) is 2. The molecule has 0 atom stereocenters. The van der Waals surface area contributed by atoms with Gasteiger partial charge in [-0.3, -0.25) is 19.7 Å². The Hall–Kier alpha value is -3.81. The van der Waals surface area contributed by atoms with Crippen molar-refractivity contribution < 1.29 is 9.18 Å². The van der Waals surface area contributed by atoms with Crippen molar-refractivity contribution in [2.45, 2.75) is 24.8 Å². The van der Waals surface area contributed by atoms with Crippen LogP contribution < -0.4 is 10.9 Å². The number of amides is 1. The van der Waals surface area contributed by atoms with Crippen LogP contribution in [0.5, 0.6) is 0 Å². The highest BCUT2D eigenvalue weighted by atomic mass is 19.1. The fraction of sp³-hybridized carbons (Fsp3) is 0.182. The number of fused-ring (bicyclic) bond motifs is 1. The fourth-order valence-electron chi connectivity index (χ4n) is 3.69. The summed E-state index contributed by atoms with van der Waals surface area (Å²) in [5.74, 6) is -0.465. The van der Waals surface area contributed by atoms with Gasteiger partial charge in [0.15, 0.2) is 5.65 Å². The number of carbonyl (C=O) groups is 1. The summed E-state index contributed by atoms with van der Waals surface area (Å²) in [5.41, 5.74) is 2.51. The second-order valence-electron chi connectivity index (χ2n) is 7.46. The average Bonchev–Trinajstić information content (AvgIpc) is 3.46. The third kappa shape index (κ3) is 3.16. The Morgan fingerprint density at radius 2 is 1.87 bits per heavy atom. The van der Waals surface area contributed by atoms with E-state index in [0.29, 0.717) is 24.2 Å². The number of nitrogens with one attached hydrogen (secondary N) is 2. The van der Waals surface area contributed by atoms with Crippen LogP contribution in [0.4, 0.5) is 4.39 Å². The largest absolute Gasteiger partial charge is 0.350 e. The summed E-state index contributed by atoms with van der Waals surface area (Å²) in [6, 6.07) is 12.9. The summed E-state index contributed by atoms with van der Waals surface area (Å²) in [6.07, 6.45) is 4.78. The van der Waals surface area contributed by atoms with Crippen LogP contribution in [0.2, 0.25) is 0 Å². The highest BCUT2D eigenvalue weighted by Gasteiger charge is 2.51. The van der Waals surface area contributed by atoms with Gasteiger partial charge < -0.3 is 5.32 Å². The average molecular weight is 403 g/mol. The van der Waals surface area contributed by atoms with E-state index in [0.717, 1.165) is 16.8 Å². The number of halogens is 1. The molecule has 1 aliphatic carbocycles. The normalized spacial score (nSPS) is 14.6. The smallest absolute Gasteiger partial charge is 0.272 e. The standard InChI is InChI=1S/C22H18FN5O2/c23-16-3-1-15(2-4-16)22(7-8-22)21(30)25-13-17-11-20(29)28-19(26-17)12-18(27-28)14-5-9-24-10-6-14/h1-6,9-12,27H,7-8,13H2,(H,25,30). The number of H-pyrrole nitrogens is 1. The second-order valence-corrected chi connectivity index (χ2v) is 7.46. The minimum atomic E-state index is -0.616. The second kappa shape index (κ2) is 6.91. The fourth-order valence-corrected chi connectivity index (χ4v) is 3.69. The lowest BCUT2D eigenvalue weighted by atomic mass is 9.95. The van der Waals surface area contributed by atoms with Gasteiger partial charge in [-0.05, 0) is 42.7 Å². The van der Waals surface area contributed by atoms with Crippen LogP contribution in [-0.4, -0.2) is 25.5 Å². The first-order chi connectivity index (χ1) is 14.5. The lowest BCUT2D eigenvalue weighted by Crippen LogP contribution is -2.35. The molecule has 30 heavy (non-hydrogen) atoms. The van der Waals surface area contributed by atoms with E-state index in [4.69, 9.17) is 0 Å². The summed E-state index contributed by atoms with van der Waals surface area (Å²) in [6.45, 7) is 0.142. The molecule has 0 aliphatic heterocycles. The molecular weight excluding hydrogens is 385 g/mol. The van der Waals surface area contributed by atoms with Crippen molar-refractivity contribution in [2.24, 2.45) is 0 Å². The zero-order chi connectivity index (χ0) is 20.7. The van der Waals surface area contributed by atoms with Crippen LogP contribution in [0, 0.1) is 5.82 Å². The Kier molecular flexibility index (Phi) is 4.20. The van der Waals surface area contributed by atoms with Crippen molar-refractivity contribution in [3.8, 4) is 11.3 Å². The molecule has 0 radical (unpaired) electrons. The molecule has 0 spiro atoms. The van der Waals surface area contributed by atoms with Gasteiger partial charge in [0.05, 0.1) is 23.3 Å². The Bertz CT molecular complexity index is 1290. The van der Waals surface area contributed by atoms with Gasteiger partial charge in [0.1, 0.15) is 5.82 Å². The first kappa shape index (κ1) is 18.2. The Balaban J connectivity index is 1.36. The molecule has 2 N–H and O–H groups in total. The van der Waals surface area contributed by atoms with E-state index in [9.17, 15) is 14.0 Å². The van der Waals surface area contributed by atoms with Crippen molar-refractivity contribution in [2.75, 3.05) is 0 Å². The van der Waals surface area contributed by atoms with Gasteiger partial charge in [-0.2, -0.15) is 0 Å². The monoisotopic (exact) mass is 403 g/mol.